The van der Waals surface area contributed by atoms with E-state index < -0.39 is 6.04 Å². The maximum atomic E-state index is 12.4. The summed E-state index contributed by atoms with van der Waals surface area (Å²) in [6, 6.07) is 7.90. The maximum absolute atomic E-state index is 12.4. The van der Waals surface area contributed by atoms with Gasteiger partial charge in [0, 0.05) is 24.1 Å². The van der Waals surface area contributed by atoms with Gasteiger partial charge in [-0.2, -0.15) is 0 Å². The van der Waals surface area contributed by atoms with Gasteiger partial charge in [0.05, 0.1) is 0 Å². The van der Waals surface area contributed by atoms with Crippen LogP contribution in [0.15, 0.2) is 29.2 Å². The molecule has 1 aromatic carbocycles. The van der Waals surface area contributed by atoms with Crippen LogP contribution in [-0.4, -0.2) is 30.2 Å². The molecule has 0 heterocycles. The zero-order valence-corrected chi connectivity index (χ0v) is 17.5. The average molecular weight is 379 g/mol. The first-order valence-electron chi connectivity index (χ1n) is 9.71. The summed E-state index contributed by atoms with van der Waals surface area (Å²) in [5.41, 5.74) is 1.30. The van der Waals surface area contributed by atoms with Crippen molar-refractivity contribution >= 4 is 23.6 Å². The Labute approximate surface area is 162 Å². The summed E-state index contributed by atoms with van der Waals surface area (Å²) in [4.78, 5) is 24.9. The normalized spacial score (nSPS) is 12.0. The first kappa shape index (κ1) is 22.6. The molecule has 0 saturated heterocycles. The molecule has 146 valence electrons. The first-order valence-corrected chi connectivity index (χ1v) is 10.7. The number of carbonyl (C=O) groups is 2. The van der Waals surface area contributed by atoms with E-state index in [1.54, 1.807) is 11.8 Å². The Bertz CT molecular complexity index is 543. The van der Waals surface area contributed by atoms with E-state index in [0.717, 1.165) is 17.7 Å². The summed E-state index contributed by atoms with van der Waals surface area (Å²) in [7, 11) is 0. The minimum Gasteiger partial charge on any atom is -0.354 e. The van der Waals surface area contributed by atoms with Gasteiger partial charge in [-0.05, 0) is 30.0 Å². The number of hydrogen-bond donors (Lipinski definition) is 2. The summed E-state index contributed by atoms with van der Waals surface area (Å²) >= 11 is 1.59. The number of benzene rings is 1. The van der Waals surface area contributed by atoms with Crippen molar-refractivity contribution in [3.63, 3.8) is 0 Å². The van der Waals surface area contributed by atoms with E-state index in [-0.39, 0.29) is 11.8 Å². The third-order valence-electron chi connectivity index (χ3n) is 4.24. The summed E-state index contributed by atoms with van der Waals surface area (Å²) in [6.45, 7) is 8.65. The van der Waals surface area contributed by atoms with E-state index >= 15 is 0 Å². The highest BCUT2D eigenvalue weighted by Gasteiger charge is 2.19. The minimum absolute atomic E-state index is 0.0954. The molecule has 1 unspecified atom stereocenters. The molecule has 5 heteroatoms. The van der Waals surface area contributed by atoms with Gasteiger partial charge in [0.2, 0.25) is 11.8 Å². The second-order valence-corrected chi connectivity index (χ2v) is 8.09. The number of rotatable bonds is 12. The Morgan fingerprint density at radius 1 is 1.04 bits per heavy atom. The van der Waals surface area contributed by atoms with Crippen LogP contribution in [-0.2, 0) is 9.59 Å². The number of amides is 2. The monoisotopic (exact) mass is 378 g/mol. The number of thioether (sulfide) groups is 1. The molecule has 0 aromatic heterocycles. The van der Waals surface area contributed by atoms with Crippen molar-refractivity contribution < 1.29 is 9.59 Å². The zero-order valence-electron chi connectivity index (χ0n) is 16.6. The molecular weight excluding hydrogens is 344 g/mol. The topological polar surface area (TPSA) is 58.2 Å². The van der Waals surface area contributed by atoms with Crippen LogP contribution in [0.25, 0.3) is 0 Å². The molecule has 2 N–H and O–H groups in total. The number of nitrogens with one attached hydrogen (secondary N) is 2. The van der Waals surface area contributed by atoms with Crippen LogP contribution < -0.4 is 10.6 Å². The fraction of sp³-hybridized carbons (Fsp3) is 0.619. The fourth-order valence-corrected chi connectivity index (χ4v) is 3.54. The van der Waals surface area contributed by atoms with E-state index in [1.807, 2.05) is 0 Å². The van der Waals surface area contributed by atoms with Gasteiger partial charge in [0.25, 0.3) is 0 Å². The summed E-state index contributed by atoms with van der Waals surface area (Å²) in [6.07, 6.45) is 5.79. The van der Waals surface area contributed by atoms with Gasteiger partial charge in [-0.15, -0.1) is 11.8 Å². The quantitative estimate of drug-likeness (QED) is 0.416. The van der Waals surface area contributed by atoms with E-state index in [0.29, 0.717) is 18.2 Å². The molecule has 26 heavy (non-hydrogen) atoms. The lowest BCUT2D eigenvalue weighted by Crippen LogP contribution is -2.47. The first-order chi connectivity index (χ1) is 12.4. The molecule has 0 aliphatic carbocycles. The summed E-state index contributed by atoms with van der Waals surface area (Å²) in [5, 5.41) is 5.73. The highest BCUT2D eigenvalue weighted by atomic mass is 32.2. The van der Waals surface area contributed by atoms with E-state index in [4.69, 9.17) is 0 Å². The van der Waals surface area contributed by atoms with Crippen molar-refractivity contribution in [1.82, 2.24) is 10.6 Å². The van der Waals surface area contributed by atoms with Crippen molar-refractivity contribution in [2.45, 2.75) is 76.7 Å². The lowest BCUT2D eigenvalue weighted by molar-refractivity contribution is -0.127. The van der Waals surface area contributed by atoms with Gasteiger partial charge < -0.3 is 10.6 Å². The molecule has 0 fully saturated rings. The van der Waals surface area contributed by atoms with Crippen LogP contribution in [0.3, 0.4) is 0 Å². The standard InChI is InChI=1S/C21H34N2O2S/c1-5-6-7-8-9-14-22-21(25)20(23-17(4)24)15-26-19-12-10-18(11-13-19)16(2)3/h10-13,16,20H,5-9,14-15H2,1-4H3,(H,22,25)(H,23,24). The lowest BCUT2D eigenvalue weighted by Gasteiger charge is -2.17. The van der Waals surface area contributed by atoms with Gasteiger partial charge in [-0.3, -0.25) is 9.59 Å². The smallest absolute Gasteiger partial charge is 0.243 e. The van der Waals surface area contributed by atoms with E-state index in [2.05, 4.69) is 55.7 Å². The molecule has 0 radical (unpaired) electrons. The number of unbranched alkanes of at least 4 members (excludes halogenated alkanes) is 4. The number of carbonyl (C=O) groups excluding carboxylic acids is 2. The Kier molecular flexibility index (Phi) is 11.1. The average Bonchev–Trinajstić information content (AvgIpc) is 2.61. The molecule has 0 aliphatic heterocycles. The van der Waals surface area contributed by atoms with Crippen molar-refractivity contribution in [3.05, 3.63) is 29.8 Å². The Balaban J connectivity index is 2.46. The minimum atomic E-state index is -0.502. The van der Waals surface area contributed by atoms with Gasteiger partial charge in [0.1, 0.15) is 6.04 Å². The molecule has 4 nitrogen and oxygen atoms in total. The van der Waals surface area contributed by atoms with Crippen LogP contribution in [0.1, 0.15) is 71.3 Å². The molecule has 0 spiro atoms. The molecule has 0 bridgehead atoms. The van der Waals surface area contributed by atoms with Crippen molar-refractivity contribution in [3.8, 4) is 0 Å². The van der Waals surface area contributed by atoms with Crippen molar-refractivity contribution in [1.29, 1.82) is 0 Å². The Morgan fingerprint density at radius 3 is 2.27 bits per heavy atom. The van der Waals surface area contributed by atoms with Crippen molar-refractivity contribution in [2.75, 3.05) is 12.3 Å². The second kappa shape index (κ2) is 12.8. The van der Waals surface area contributed by atoms with Crippen LogP contribution in [0.4, 0.5) is 0 Å². The summed E-state index contributed by atoms with van der Waals surface area (Å²) < 4.78 is 0. The van der Waals surface area contributed by atoms with Gasteiger partial charge in [-0.1, -0.05) is 58.6 Å². The predicted molar refractivity (Wildman–Crippen MR) is 111 cm³/mol. The van der Waals surface area contributed by atoms with Crippen LogP contribution in [0.2, 0.25) is 0 Å². The molecular formula is C21H34N2O2S. The third-order valence-corrected chi connectivity index (χ3v) is 5.34. The molecule has 0 saturated carbocycles. The zero-order chi connectivity index (χ0) is 19.4. The SMILES string of the molecule is CCCCCCCNC(=O)C(CSc1ccc(C(C)C)cc1)NC(C)=O. The highest BCUT2D eigenvalue weighted by molar-refractivity contribution is 7.99. The second-order valence-electron chi connectivity index (χ2n) is 6.99. The maximum Gasteiger partial charge on any atom is 0.243 e. The fourth-order valence-electron chi connectivity index (χ4n) is 2.62. The summed E-state index contributed by atoms with van der Waals surface area (Å²) in [5.74, 6) is 0.762. The van der Waals surface area contributed by atoms with Crippen molar-refractivity contribution in [2.24, 2.45) is 0 Å². The van der Waals surface area contributed by atoms with Gasteiger partial charge >= 0.3 is 0 Å². The molecule has 1 rings (SSSR count). The van der Waals surface area contributed by atoms with Crippen LogP contribution in [0, 0.1) is 0 Å². The van der Waals surface area contributed by atoms with Gasteiger partial charge in [0.15, 0.2) is 0 Å². The third kappa shape index (κ3) is 9.27. The Morgan fingerprint density at radius 2 is 1.69 bits per heavy atom. The lowest BCUT2D eigenvalue weighted by atomic mass is 10.0. The molecule has 1 atom stereocenters. The predicted octanol–water partition coefficient (Wildman–Crippen LogP) is 4.49. The van der Waals surface area contributed by atoms with Crippen LogP contribution >= 0.6 is 11.8 Å². The van der Waals surface area contributed by atoms with Crippen LogP contribution in [0.5, 0.6) is 0 Å². The highest BCUT2D eigenvalue weighted by Crippen LogP contribution is 2.22. The molecule has 2 amide bonds. The largest absolute Gasteiger partial charge is 0.354 e. The molecule has 0 aliphatic rings. The van der Waals surface area contributed by atoms with Gasteiger partial charge in [-0.25, -0.2) is 0 Å². The number of hydrogen-bond acceptors (Lipinski definition) is 3. The Hall–Kier alpha value is -1.49. The molecule has 1 aromatic rings. The van der Waals surface area contributed by atoms with E-state index in [9.17, 15) is 9.59 Å². The van der Waals surface area contributed by atoms with E-state index in [1.165, 1.54) is 31.7 Å².